The maximum Gasteiger partial charge on any atom is 0.337 e. The van der Waals surface area contributed by atoms with E-state index in [0.717, 1.165) is 5.56 Å². The van der Waals surface area contributed by atoms with Gasteiger partial charge in [0.05, 0.1) is 19.2 Å². The summed E-state index contributed by atoms with van der Waals surface area (Å²) >= 11 is 0. The van der Waals surface area contributed by atoms with Crippen LogP contribution in [0.5, 0.6) is 0 Å². The molecular formula is C21H24N2O5. The Kier molecular flexibility index (Phi) is 7.28. The highest BCUT2D eigenvalue weighted by atomic mass is 16.5. The predicted molar refractivity (Wildman–Crippen MR) is 105 cm³/mol. The zero-order chi connectivity index (χ0) is 20.6. The van der Waals surface area contributed by atoms with Crippen LogP contribution >= 0.6 is 0 Å². The van der Waals surface area contributed by atoms with Crippen molar-refractivity contribution in [2.75, 3.05) is 26.1 Å². The van der Waals surface area contributed by atoms with E-state index >= 15 is 0 Å². The van der Waals surface area contributed by atoms with Crippen molar-refractivity contribution in [1.29, 1.82) is 0 Å². The number of hydrogen-bond acceptors (Lipinski definition) is 5. The van der Waals surface area contributed by atoms with Gasteiger partial charge in [-0.3, -0.25) is 9.59 Å². The number of ether oxygens (including phenoxy) is 2. The van der Waals surface area contributed by atoms with E-state index in [2.05, 4.69) is 15.4 Å². The van der Waals surface area contributed by atoms with Gasteiger partial charge in [-0.05, 0) is 36.2 Å². The summed E-state index contributed by atoms with van der Waals surface area (Å²) in [6, 6.07) is 15.6. The first-order chi connectivity index (χ1) is 13.5. The van der Waals surface area contributed by atoms with Gasteiger partial charge in [-0.25, -0.2) is 4.79 Å². The van der Waals surface area contributed by atoms with Gasteiger partial charge in [-0.2, -0.15) is 0 Å². The average molecular weight is 384 g/mol. The van der Waals surface area contributed by atoms with E-state index in [9.17, 15) is 14.4 Å². The Balaban J connectivity index is 1.99. The third-order valence-electron chi connectivity index (χ3n) is 4.57. The van der Waals surface area contributed by atoms with Gasteiger partial charge < -0.3 is 20.1 Å². The minimum atomic E-state index is -0.806. The minimum Gasteiger partial charge on any atom is -0.465 e. The Labute approximate surface area is 164 Å². The van der Waals surface area contributed by atoms with Crippen LogP contribution in [0.1, 0.15) is 29.3 Å². The molecule has 7 heteroatoms. The molecule has 0 spiro atoms. The summed E-state index contributed by atoms with van der Waals surface area (Å²) in [6.07, 6.45) is 0.615. The number of carbonyl (C=O) groups excluding carboxylic acids is 3. The van der Waals surface area contributed by atoms with Crippen molar-refractivity contribution in [3.63, 3.8) is 0 Å². The summed E-state index contributed by atoms with van der Waals surface area (Å²) in [4.78, 5) is 35.8. The number of methoxy groups -OCH3 is 2. The molecule has 0 heterocycles. The summed E-state index contributed by atoms with van der Waals surface area (Å²) in [5.74, 6) is -2.06. The van der Waals surface area contributed by atoms with Crippen molar-refractivity contribution in [1.82, 2.24) is 5.32 Å². The molecule has 0 aliphatic rings. The fourth-order valence-electron chi connectivity index (χ4n) is 2.81. The van der Waals surface area contributed by atoms with Crippen molar-refractivity contribution < 1.29 is 23.9 Å². The molecule has 0 bridgehead atoms. The van der Waals surface area contributed by atoms with Gasteiger partial charge in [0.15, 0.2) is 0 Å². The molecule has 0 radical (unpaired) electrons. The molecule has 2 rings (SSSR count). The molecule has 2 aromatic carbocycles. The zero-order valence-electron chi connectivity index (χ0n) is 16.2. The standard InChI is InChI=1S/C21H24N2O5/c1-4-21(28-3,16-8-6-5-7-9-16)14-22-18(24)19(25)23-17-12-10-15(11-13-17)20(26)27-2/h5-13H,4,14H2,1-3H3,(H,22,24)(H,23,25). The van der Waals surface area contributed by atoms with Crippen LogP contribution in [0.4, 0.5) is 5.69 Å². The van der Waals surface area contributed by atoms with Crippen LogP contribution < -0.4 is 10.6 Å². The molecule has 1 unspecified atom stereocenters. The second-order valence-electron chi connectivity index (χ2n) is 6.12. The topological polar surface area (TPSA) is 93.7 Å². The van der Waals surface area contributed by atoms with Crippen molar-refractivity contribution in [3.8, 4) is 0 Å². The number of rotatable bonds is 7. The molecule has 28 heavy (non-hydrogen) atoms. The van der Waals surface area contributed by atoms with Crippen molar-refractivity contribution in [3.05, 3.63) is 65.7 Å². The molecule has 148 valence electrons. The lowest BCUT2D eigenvalue weighted by Gasteiger charge is -2.32. The fourth-order valence-corrected chi connectivity index (χ4v) is 2.81. The molecule has 1 atom stereocenters. The summed E-state index contributed by atoms with van der Waals surface area (Å²) in [7, 11) is 2.86. The molecule has 0 aromatic heterocycles. The number of anilines is 1. The zero-order valence-corrected chi connectivity index (χ0v) is 16.2. The summed E-state index contributed by atoms with van der Waals surface area (Å²) in [6.45, 7) is 2.10. The fraction of sp³-hybridized carbons (Fsp3) is 0.286. The highest BCUT2D eigenvalue weighted by Crippen LogP contribution is 2.28. The largest absolute Gasteiger partial charge is 0.465 e. The van der Waals surface area contributed by atoms with Gasteiger partial charge in [0.1, 0.15) is 5.60 Å². The van der Waals surface area contributed by atoms with Crippen LogP contribution in [0.3, 0.4) is 0 Å². The normalized spacial score (nSPS) is 12.5. The first kappa shape index (κ1) is 21.1. The number of esters is 1. The Morgan fingerprint density at radius 3 is 2.11 bits per heavy atom. The second kappa shape index (κ2) is 9.66. The molecule has 0 aliphatic carbocycles. The van der Waals surface area contributed by atoms with Crippen LogP contribution in [-0.4, -0.2) is 38.5 Å². The minimum absolute atomic E-state index is 0.150. The first-order valence-corrected chi connectivity index (χ1v) is 8.84. The van der Waals surface area contributed by atoms with Crippen LogP contribution in [0.2, 0.25) is 0 Å². The van der Waals surface area contributed by atoms with Gasteiger partial charge >= 0.3 is 17.8 Å². The number of benzene rings is 2. The van der Waals surface area contributed by atoms with Gasteiger partial charge in [-0.1, -0.05) is 37.3 Å². The Bertz CT molecular complexity index is 814. The molecule has 2 N–H and O–H groups in total. The Morgan fingerprint density at radius 2 is 1.57 bits per heavy atom. The third kappa shape index (κ3) is 4.95. The molecular weight excluding hydrogens is 360 g/mol. The van der Waals surface area contributed by atoms with Crippen molar-refractivity contribution in [2.45, 2.75) is 18.9 Å². The van der Waals surface area contributed by atoms with E-state index in [4.69, 9.17) is 4.74 Å². The quantitative estimate of drug-likeness (QED) is 0.565. The number of amides is 2. The third-order valence-corrected chi connectivity index (χ3v) is 4.57. The monoisotopic (exact) mass is 384 g/mol. The summed E-state index contributed by atoms with van der Waals surface area (Å²) in [5, 5.41) is 5.13. The van der Waals surface area contributed by atoms with E-state index < -0.39 is 23.4 Å². The van der Waals surface area contributed by atoms with E-state index in [-0.39, 0.29) is 6.54 Å². The van der Waals surface area contributed by atoms with E-state index in [1.54, 1.807) is 7.11 Å². The number of nitrogens with one attached hydrogen (secondary N) is 2. The number of carbonyl (C=O) groups is 3. The van der Waals surface area contributed by atoms with Gasteiger partial charge in [0.2, 0.25) is 0 Å². The lowest BCUT2D eigenvalue weighted by Crippen LogP contribution is -2.45. The van der Waals surface area contributed by atoms with E-state index in [1.807, 2.05) is 37.3 Å². The molecule has 2 aromatic rings. The number of hydrogen-bond donors (Lipinski definition) is 2. The summed E-state index contributed by atoms with van der Waals surface area (Å²) < 4.78 is 10.3. The SMILES string of the molecule is CCC(CNC(=O)C(=O)Nc1ccc(C(=O)OC)cc1)(OC)c1ccccc1. The highest BCUT2D eigenvalue weighted by Gasteiger charge is 2.31. The molecule has 0 fully saturated rings. The molecule has 7 nitrogen and oxygen atoms in total. The average Bonchev–Trinajstić information content (AvgIpc) is 2.75. The van der Waals surface area contributed by atoms with Crippen molar-refractivity contribution in [2.24, 2.45) is 0 Å². The predicted octanol–water partition coefficient (Wildman–Crippen LogP) is 2.48. The van der Waals surface area contributed by atoms with E-state index in [1.165, 1.54) is 31.4 Å². The van der Waals surface area contributed by atoms with Crippen LogP contribution in [-0.2, 0) is 24.7 Å². The lowest BCUT2D eigenvalue weighted by atomic mass is 9.90. The van der Waals surface area contributed by atoms with Crippen LogP contribution in [0, 0.1) is 0 Å². The smallest absolute Gasteiger partial charge is 0.337 e. The van der Waals surface area contributed by atoms with Gasteiger partial charge in [-0.15, -0.1) is 0 Å². The highest BCUT2D eigenvalue weighted by molar-refractivity contribution is 6.39. The van der Waals surface area contributed by atoms with Gasteiger partial charge in [0, 0.05) is 12.8 Å². The summed E-state index contributed by atoms with van der Waals surface area (Å²) in [5.41, 5.74) is 0.934. The van der Waals surface area contributed by atoms with Gasteiger partial charge in [0.25, 0.3) is 0 Å². The van der Waals surface area contributed by atoms with Crippen LogP contribution in [0.25, 0.3) is 0 Å². The first-order valence-electron chi connectivity index (χ1n) is 8.84. The Morgan fingerprint density at radius 1 is 0.929 bits per heavy atom. The molecule has 0 aliphatic heterocycles. The maximum atomic E-state index is 12.2. The van der Waals surface area contributed by atoms with Crippen molar-refractivity contribution >= 4 is 23.5 Å². The second-order valence-corrected chi connectivity index (χ2v) is 6.12. The van der Waals surface area contributed by atoms with Crippen LogP contribution in [0.15, 0.2) is 54.6 Å². The molecule has 0 saturated carbocycles. The molecule has 0 saturated heterocycles. The molecule has 2 amide bonds. The van der Waals surface area contributed by atoms with E-state index in [0.29, 0.717) is 17.7 Å². The lowest BCUT2D eigenvalue weighted by molar-refractivity contribution is -0.137. The Hall–Kier alpha value is -3.19. The maximum absolute atomic E-state index is 12.2.